The molecule has 0 aliphatic carbocycles. The van der Waals surface area contributed by atoms with Gasteiger partial charge >= 0.3 is 0 Å². The Balaban J connectivity index is 2.26. The van der Waals surface area contributed by atoms with E-state index in [9.17, 15) is 9.18 Å². The first-order chi connectivity index (χ1) is 9.13. The van der Waals surface area contributed by atoms with Gasteiger partial charge in [-0.15, -0.1) is 0 Å². The standard InChI is InChI=1S/C14H7ClFNO2/c15-13-5-11(4-2-10(13)8-18)19-12-3-1-9(7-17)14(16)6-12/h1-6,8H. The second-order valence-corrected chi connectivity index (χ2v) is 4.06. The number of carbonyl (C=O) groups excluding carboxylic acids is 1. The third kappa shape index (κ3) is 2.90. The highest BCUT2D eigenvalue weighted by molar-refractivity contribution is 6.33. The van der Waals surface area contributed by atoms with Gasteiger partial charge in [-0.25, -0.2) is 4.39 Å². The minimum atomic E-state index is -0.657. The second-order valence-electron chi connectivity index (χ2n) is 3.66. The highest BCUT2D eigenvalue weighted by atomic mass is 35.5. The first-order valence-corrected chi connectivity index (χ1v) is 5.64. The summed E-state index contributed by atoms with van der Waals surface area (Å²) in [5.41, 5.74) is 0.293. The van der Waals surface area contributed by atoms with Gasteiger partial charge in [0.1, 0.15) is 23.4 Å². The smallest absolute Gasteiger partial charge is 0.151 e. The van der Waals surface area contributed by atoms with E-state index in [2.05, 4.69) is 0 Å². The number of halogens is 2. The molecule has 0 saturated carbocycles. The molecule has 2 rings (SSSR count). The molecule has 0 heterocycles. The summed E-state index contributed by atoms with van der Waals surface area (Å²) in [5, 5.41) is 8.86. The van der Waals surface area contributed by atoms with Gasteiger partial charge in [0.25, 0.3) is 0 Å². The Morgan fingerprint density at radius 2 is 1.89 bits per heavy atom. The van der Waals surface area contributed by atoms with E-state index in [1.807, 2.05) is 0 Å². The second kappa shape index (κ2) is 5.51. The molecule has 0 atom stereocenters. The van der Waals surface area contributed by atoms with Crippen LogP contribution in [0.4, 0.5) is 4.39 Å². The van der Waals surface area contributed by atoms with Crippen LogP contribution in [-0.2, 0) is 0 Å². The van der Waals surface area contributed by atoms with E-state index < -0.39 is 5.82 Å². The summed E-state index contributed by atoms with van der Waals surface area (Å²) < 4.78 is 18.8. The fraction of sp³-hybridized carbons (Fsp3) is 0. The number of rotatable bonds is 3. The van der Waals surface area contributed by atoms with Crippen LogP contribution in [0.2, 0.25) is 5.02 Å². The van der Waals surface area contributed by atoms with Crippen molar-refractivity contribution in [2.45, 2.75) is 0 Å². The number of nitriles is 1. The molecule has 0 N–H and O–H groups in total. The minimum Gasteiger partial charge on any atom is -0.457 e. The Morgan fingerprint density at radius 3 is 2.47 bits per heavy atom. The van der Waals surface area contributed by atoms with Crippen LogP contribution in [0.5, 0.6) is 11.5 Å². The number of carbonyl (C=O) groups is 1. The van der Waals surface area contributed by atoms with Crippen LogP contribution in [0, 0.1) is 17.1 Å². The Bertz CT molecular complexity index is 680. The average Bonchev–Trinajstić information content (AvgIpc) is 2.39. The Kier molecular flexibility index (Phi) is 3.79. The molecule has 0 spiro atoms. The van der Waals surface area contributed by atoms with Crippen molar-refractivity contribution in [3.8, 4) is 17.6 Å². The number of hydrogen-bond acceptors (Lipinski definition) is 3. The van der Waals surface area contributed by atoms with E-state index in [0.29, 0.717) is 17.6 Å². The summed E-state index contributed by atoms with van der Waals surface area (Å²) in [6.07, 6.45) is 0.632. The molecule has 19 heavy (non-hydrogen) atoms. The summed E-state index contributed by atoms with van der Waals surface area (Å²) >= 11 is 5.85. The van der Waals surface area contributed by atoms with Crippen molar-refractivity contribution in [1.29, 1.82) is 5.26 Å². The van der Waals surface area contributed by atoms with Crippen molar-refractivity contribution < 1.29 is 13.9 Å². The van der Waals surface area contributed by atoms with Crippen LogP contribution >= 0.6 is 11.6 Å². The highest BCUT2D eigenvalue weighted by Gasteiger charge is 2.06. The van der Waals surface area contributed by atoms with Crippen LogP contribution in [0.25, 0.3) is 0 Å². The molecule has 0 radical (unpaired) electrons. The maximum atomic E-state index is 13.4. The largest absolute Gasteiger partial charge is 0.457 e. The van der Waals surface area contributed by atoms with E-state index in [4.69, 9.17) is 21.6 Å². The highest BCUT2D eigenvalue weighted by Crippen LogP contribution is 2.27. The van der Waals surface area contributed by atoms with E-state index >= 15 is 0 Å². The number of ether oxygens (including phenoxy) is 1. The molecular weight excluding hydrogens is 269 g/mol. The summed E-state index contributed by atoms with van der Waals surface area (Å²) in [6.45, 7) is 0. The molecule has 94 valence electrons. The molecular formula is C14H7ClFNO2. The van der Waals surface area contributed by atoms with Crippen LogP contribution in [0.1, 0.15) is 15.9 Å². The van der Waals surface area contributed by atoms with Crippen LogP contribution in [0.15, 0.2) is 36.4 Å². The molecule has 0 fully saturated rings. The summed E-state index contributed by atoms with van der Waals surface area (Å²) in [6, 6.07) is 10.1. The van der Waals surface area contributed by atoms with Crippen LogP contribution < -0.4 is 4.74 Å². The molecule has 0 unspecified atom stereocenters. The van der Waals surface area contributed by atoms with Gasteiger partial charge in [-0.3, -0.25) is 4.79 Å². The zero-order chi connectivity index (χ0) is 13.8. The number of hydrogen-bond donors (Lipinski definition) is 0. The van der Waals surface area contributed by atoms with Crippen molar-refractivity contribution in [3.63, 3.8) is 0 Å². The maximum Gasteiger partial charge on any atom is 0.151 e. The van der Waals surface area contributed by atoms with Crippen LogP contribution in [-0.4, -0.2) is 6.29 Å². The molecule has 2 aromatic carbocycles. The average molecular weight is 276 g/mol. The zero-order valence-corrected chi connectivity index (χ0v) is 10.3. The van der Waals surface area contributed by atoms with Crippen LogP contribution in [0.3, 0.4) is 0 Å². The number of aldehydes is 1. The van der Waals surface area contributed by atoms with Crippen molar-refractivity contribution in [1.82, 2.24) is 0 Å². The van der Waals surface area contributed by atoms with Gasteiger partial charge < -0.3 is 4.74 Å². The maximum absolute atomic E-state index is 13.4. The molecule has 0 aliphatic rings. The van der Waals surface area contributed by atoms with E-state index in [1.165, 1.54) is 24.3 Å². The molecule has 2 aromatic rings. The van der Waals surface area contributed by atoms with Crippen molar-refractivity contribution in [2.75, 3.05) is 0 Å². The molecule has 3 nitrogen and oxygen atoms in total. The quantitative estimate of drug-likeness (QED) is 0.797. The van der Waals surface area contributed by atoms with Gasteiger partial charge in [-0.05, 0) is 24.3 Å². The monoisotopic (exact) mass is 275 g/mol. The Hall–Kier alpha value is -2.38. The minimum absolute atomic E-state index is 0.0540. The van der Waals surface area contributed by atoms with E-state index in [1.54, 1.807) is 12.1 Å². The number of nitrogens with zero attached hydrogens (tertiary/aromatic N) is 1. The molecule has 0 bridgehead atoms. The fourth-order valence-electron chi connectivity index (χ4n) is 1.45. The third-order valence-electron chi connectivity index (χ3n) is 2.40. The van der Waals surface area contributed by atoms with E-state index in [0.717, 1.165) is 6.07 Å². The van der Waals surface area contributed by atoms with Crippen molar-refractivity contribution >= 4 is 17.9 Å². The van der Waals surface area contributed by atoms with Gasteiger partial charge in [0.05, 0.1) is 10.6 Å². The molecule has 0 saturated heterocycles. The number of benzene rings is 2. The van der Waals surface area contributed by atoms with Crippen molar-refractivity contribution in [2.24, 2.45) is 0 Å². The normalized spacial score (nSPS) is 9.74. The van der Waals surface area contributed by atoms with E-state index in [-0.39, 0.29) is 16.3 Å². The lowest BCUT2D eigenvalue weighted by Gasteiger charge is -2.07. The lowest BCUT2D eigenvalue weighted by molar-refractivity contribution is 0.112. The Labute approximate surface area is 113 Å². The van der Waals surface area contributed by atoms with Gasteiger partial charge in [0.15, 0.2) is 6.29 Å². The lowest BCUT2D eigenvalue weighted by atomic mass is 10.2. The summed E-state index contributed by atoms with van der Waals surface area (Å²) in [4.78, 5) is 10.6. The van der Waals surface area contributed by atoms with Gasteiger partial charge in [0, 0.05) is 17.7 Å². The predicted molar refractivity (Wildman–Crippen MR) is 68.0 cm³/mol. The fourth-order valence-corrected chi connectivity index (χ4v) is 1.67. The molecule has 0 amide bonds. The first-order valence-electron chi connectivity index (χ1n) is 5.26. The van der Waals surface area contributed by atoms with Gasteiger partial charge in [-0.1, -0.05) is 11.6 Å². The first kappa shape index (κ1) is 13.1. The van der Waals surface area contributed by atoms with Gasteiger partial charge in [0.2, 0.25) is 0 Å². The SMILES string of the molecule is N#Cc1ccc(Oc2ccc(C=O)c(Cl)c2)cc1F. The summed E-state index contributed by atoms with van der Waals surface area (Å²) in [7, 11) is 0. The third-order valence-corrected chi connectivity index (χ3v) is 2.72. The lowest BCUT2D eigenvalue weighted by Crippen LogP contribution is -1.89. The topological polar surface area (TPSA) is 50.1 Å². The van der Waals surface area contributed by atoms with Gasteiger partial charge in [-0.2, -0.15) is 5.26 Å². The molecule has 0 aliphatic heterocycles. The predicted octanol–water partition coefficient (Wildman–Crippen LogP) is 3.96. The molecule has 0 aromatic heterocycles. The summed E-state index contributed by atoms with van der Waals surface area (Å²) in [5.74, 6) is -0.0401. The van der Waals surface area contributed by atoms with Crippen molar-refractivity contribution in [3.05, 3.63) is 58.4 Å². The molecule has 5 heteroatoms. The zero-order valence-electron chi connectivity index (χ0n) is 9.56. The Morgan fingerprint density at radius 1 is 1.21 bits per heavy atom.